The number of hydrogen-bond donors (Lipinski definition) is 1. The highest BCUT2D eigenvalue weighted by molar-refractivity contribution is 9.10. The highest BCUT2D eigenvalue weighted by Crippen LogP contribution is 2.23. The molecule has 0 aliphatic rings. The third-order valence-corrected chi connectivity index (χ3v) is 8.15. The fourth-order valence-corrected chi connectivity index (χ4v) is 5.36. The van der Waals surface area contributed by atoms with E-state index < -0.39 is 28.5 Å². The summed E-state index contributed by atoms with van der Waals surface area (Å²) in [5, 5.41) is 3.03. The summed E-state index contributed by atoms with van der Waals surface area (Å²) in [7, 11) is -3.81. The number of benzene rings is 3. The molecule has 2 amide bonds. The van der Waals surface area contributed by atoms with Crippen LogP contribution in [0.2, 0.25) is 0 Å². The number of sulfonamides is 1. The van der Waals surface area contributed by atoms with Crippen molar-refractivity contribution in [2.75, 3.05) is 17.1 Å². The van der Waals surface area contributed by atoms with Gasteiger partial charge in [-0.2, -0.15) is 0 Å². The van der Waals surface area contributed by atoms with Crippen molar-refractivity contribution in [3.8, 4) is 0 Å². The van der Waals surface area contributed by atoms with Crippen molar-refractivity contribution in [2.45, 2.75) is 52.2 Å². The number of aryl methyl sites for hydroxylation is 1. The van der Waals surface area contributed by atoms with Crippen LogP contribution in [0.4, 0.5) is 5.69 Å². The zero-order chi connectivity index (χ0) is 28.6. The van der Waals surface area contributed by atoms with Crippen molar-refractivity contribution in [2.24, 2.45) is 0 Å². The van der Waals surface area contributed by atoms with Crippen LogP contribution < -0.4 is 9.62 Å². The number of nitrogens with zero attached hydrogens (tertiary/aromatic N) is 2. The molecule has 0 radical (unpaired) electrons. The van der Waals surface area contributed by atoms with Gasteiger partial charge in [-0.1, -0.05) is 89.1 Å². The Hall–Kier alpha value is -3.17. The first-order valence-electron chi connectivity index (χ1n) is 12.9. The van der Waals surface area contributed by atoms with Gasteiger partial charge in [-0.15, -0.1) is 0 Å². The monoisotopic (exact) mass is 613 g/mol. The Morgan fingerprint density at radius 1 is 0.949 bits per heavy atom. The van der Waals surface area contributed by atoms with E-state index in [1.807, 2.05) is 75.4 Å². The Balaban J connectivity index is 2.05. The van der Waals surface area contributed by atoms with E-state index >= 15 is 0 Å². The molecule has 0 aliphatic carbocycles. The Bertz CT molecular complexity index is 1360. The van der Waals surface area contributed by atoms with Gasteiger partial charge in [0, 0.05) is 23.5 Å². The molecular formula is C30H36BrN3O4S. The molecule has 39 heavy (non-hydrogen) atoms. The van der Waals surface area contributed by atoms with Crippen molar-refractivity contribution < 1.29 is 18.0 Å². The van der Waals surface area contributed by atoms with Crippen LogP contribution in [0, 0.1) is 6.92 Å². The minimum atomic E-state index is -3.81. The highest BCUT2D eigenvalue weighted by atomic mass is 79.9. The maximum atomic E-state index is 14.0. The van der Waals surface area contributed by atoms with Gasteiger partial charge in [0.05, 0.1) is 11.9 Å². The number of carbonyl (C=O) groups excluding carboxylic acids is 2. The fraction of sp³-hybridized carbons (Fsp3) is 0.333. The minimum Gasteiger partial charge on any atom is -0.352 e. The Kier molecular flexibility index (Phi) is 10.7. The molecule has 7 nitrogen and oxygen atoms in total. The van der Waals surface area contributed by atoms with Gasteiger partial charge in [-0.25, -0.2) is 8.42 Å². The van der Waals surface area contributed by atoms with E-state index in [9.17, 15) is 18.0 Å². The lowest BCUT2D eigenvalue weighted by atomic mass is 10.0. The summed E-state index contributed by atoms with van der Waals surface area (Å²) >= 11 is 3.38. The van der Waals surface area contributed by atoms with E-state index in [2.05, 4.69) is 21.2 Å². The van der Waals surface area contributed by atoms with E-state index in [4.69, 9.17) is 0 Å². The van der Waals surface area contributed by atoms with Crippen LogP contribution in [0.25, 0.3) is 0 Å². The van der Waals surface area contributed by atoms with Gasteiger partial charge < -0.3 is 10.2 Å². The highest BCUT2D eigenvalue weighted by Gasteiger charge is 2.33. The molecule has 0 heterocycles. The summed E-state index contributed by atoms with van der Waals surface area (Å²) in [4.78, 5) is 29.2. The Morgan fingerprint density at radius 3 is 2.21 bits per heavy atom. The third-order valence-electron chi connectivity index (χ3n) is 6.52. The standard InChI is InChI=1S/C30H36BrN3O4S/c1-5-23(3)32-30(36)28(18-24-10-7-6-8-11-24)33(20-25-16-14-22(2)15-17-25)29(35)21-34(39(4,37)38)27-13-9-12-26(31)19-27/h6-17,19,23,28H,5,18,20-21H2,1-4H3,(H,32,36)/t23-,28-/m0/s1. The molecular weight excluding hydrogens is 578 g/mol. The van der Waals surface area contributed by atoms with Gasteiger partial charge >= 0.3 is 0 Å². The Morgan fingerprint density at radius 2 is 1.62 bits per heavy atom. The predicted octanol–water partition coefficient (Wildman–Crippen LogP) is 5.08. The number of anilines is 1. The Labute approximate surface area is 240 Å². The number of rotatable bonds is 12. The van der Waals surface area contributed by atoms with Crippen molar-refractivity contribution in [1.29, 1.82) is 0 Å². The largest absolute Gasteiger partial charge is 0.352 e. The molecule has 3 aromatic carbocycles. The van der Waals surface area contributed by atoms with Gasteiger partial charge in [-0.05, 0) is 49.6 Å². The van der Waals surface area contributed by atoms with Crippen molar-refractivity contribution in [3.05, 3.63) is 100 Å². The SMILES string of the molecule is CC[C@H](C)NC(=O)[C@H](Cc1ccccc1)N(Cc1ccc(C)cc1)C(=O)CN(c1cccc(Br)c1)S(C)(=O)=O. The summed E-state index contributed by atoms with van der Waals surface area (Å²) < 4.78 is 27.4. The van der Waals surface area contributed by atoms with Crippen LogP contribution >= 0.6 is 15.9 Å². The van der Waals surface area contributed by atoms with E-state index in [1.54, 1.807) is 24.3 Å². The lowest BCUT2D eigenvalue weighted by molar-refractivity contribution is -0.140. The van der Waals surface area contributed by atoms with Crippen LogP contribution in [0.1, 0.15) is 37.0 Å². The number of carbonyl (C=O) groups is 2. The molecule has 0 aliphatic heterocycles. The van der Waals surface area contributed by atoms with Crippen LogP contribution in [-0.4, -0.2) is 50.0 Å². The smallest absolute Gasteiger partial charge is 0.244 e. The normalized spacial score (nSPS) is 12.8. The molecule has 0 spiro atoms. The third kappa shape index (κ3) is 8.93. The first-order valence-corrected chi connectivity index (χ1v) is 15.5. The molecule has 9 heteroatoms. The number of halogens is 1. The van der Waals surface area contributed by atoms with Gasteiger partial charge in [0.1, 0.15) is 12.6 Å². The number of amides is 2. The summed E-state index contributed by atoms with van der Waals surface area (Å²) in [6.45, 7) is 5.59. The second kappa shape index (κ2) is 13.8. The van der Waals surface area contributed by atoms with Crippen LogP contribution in [0.3, 0.4) is 0 Å². The molecule has 2 atom stereocenters. The van der Waals surface area contributed by atoms with Gasteiger partial charge in [0.15, 0.2) is 0 Å². The van der Waals surface area contributed by atoms with Crippen molar-refractivity contribution in [1.82, 2.24) is 10.2 Å². The molecule has 0 saturated carbocycles. The minimum absolute atomic E-state index is 0.0821. The topological polar surface area (TPSA) is 86.8 Å². The average Bonchev–Trinajstić information content (AvgIpc) is 2.90. The first kappa shape index (κ1) is 30.4. The zero-order valence-corrected chi connectivity index (χ0v) is 25.2. The van der Waals surface area contributed by atoms with Crippen molar-refractivity contribution >= 4 is 43.5 Å². The zero-order valence-electron chi connectivity index (χ0n) is 22.8. The van der Waals surface area contributed by atoms with E-state index in [0.29, 0.717) is 10.2 Å². The predicted molar refractivity (Wildman–Crippen MR) is 160 cm³/mol. The molecule has 208 valence electrons. The lowest BCUT2D eigenvalue weighted by Gasteiger charge is -2.34. The quantitative estimate of drug-likeness (QED) is 0.309. The molecule has 0 fully saturated rings. The molecule has 0 bridgehead atoms. The van der Waals surface area contributed by atoms with Gasteiger partial charge in [-0.3, -0.25) is 13.9 Å². The second-order valence-corrected chi connectivity index (χ2v) is 12.6. The molecule has 0 unspecified atom stereocenters. The first-order chi connectivity index (χ1) is 18.5. The average molecular weight is 615 g/mol. The summed E-state index contributed by atoms with van der Waals surface area (Å²) in [5.41, 5.74) is 3.18. The molecule has 3 rings (SSSR count). The van der Waals surface area contributed by atoms with Crippen LogP contribution in [0.5, 0.6) is 0 Å². The van der Waals surface area contributed by atoms with Crippen molar-refractivity contribution in [3.63, 3.8) is 0 Å². The molecule has 1 N–H and O–H groups in total. The molecule has 0 aromatic heterocycles. The van der Waals surface area contributed by atoms with Gasteiger partial charge in [0.25, 0.3) is 0 Å². The lowest BCUT2D eigenvalue weighted by Crippen LogP contribution is -2.54. The fourth-order valence-electron chi connectivity index (χ4n) is 4.13. The maximum Gasteiger partial charge on any atom is 0.244 e. The summed E-state index contributed by atoms with van der Waals surface area (Å²) in [6.07, 6.45) is 2.10. The van der Waals surface area contributed by atoms with E-state index in [0.717, 1.165) is 33.7 Å². The van der Waals surface area contributed by atoms with E-state index in [1.165, 1.54) is 4.90 Å². The maximum absolute atomic E-state index is 14.0. The second-order valence-electron chi connectivity index (χ2n) is 9.78. The van der Waals surface area contributed by atoms with Crippen LogP contribution in [-0.2, 0) is 32.6 Å². The van der Waals surface area contributed by atoms with Gasteiger partial charge in [0.2, 0.25) is 21.8 Å². The molecule has 3 aromatic rings. The summed E-state index contributed by atoms with van der Waals surface area (Å²) in [5.74, 6) is -0.747. The number of hydrogen-bond acceptors (Lipinski definition) is 4. The summed E-state index contributed by atoms with van der Waals surface area (Å²) in [6, 6.07) is 23.1. The molecule has 0 saturated heterocycles. The number of nitrogens with one attached hydrogen (secondary N) is 1. The van der Waals surface area contributed by atoms with E-state index in [-0.39, 0.29) is 24.9 Å². The van der Waals surface area contributed by atoms with Crippen LogP contribution in [0.15, 0.2) is 83.3 Å².